The van der Waals surface area contributed by atoms with Gasteiger partial charge in [0.15, 0.2) is 0 Å². The molecule has 0 aromatic heterocycles. The van der Waals surface area contributed by atoms with Gasteiger partial charge in [-0.25, -0.2) is 9.59 Å². The second-order valence-electron chi connectivity index (χ2n) is 13.1. The van der Waals surface area contributed by atoms with Gasteiger partial charge < -0.3 is 19.7 Å². The molecule has 8 nitrogen and oxygen atoms in total. The van der Waals surface area contributed by atoms with Gasteiger partial charge in [0, 0.05) is 12.8 Å². The molecule has 0 amide bonds. The smallest absolute Gasteiger partial charge is 0.339 e. The zero-order valence-electron chi connectivity index (χ0n) is 30.7. The molecule has 0 aliphatic rings. The molecule has 286 valence electrons. The molecule has 0 atom stereocenters. The number of thioether (sulfide) groups is 2. The maximum Gasteiger partial charge on any atom is 0.339 e. The molecule has 2 N–H and O–H groups in total. The Kier molecular flexibility index (Phi) is 31.1. The minimum atomic E-state index is -0.692. The monoisotopic (exact) mass is 738 g/mol. The normalized spacial score (nSPS) is 11.0. The molecule has 0 bridgehead atoms. The maximum atomic E-state index is 12.7. The minimum absolute atomic E-state index is 0.258. The van der Waals surface area contributed by atoms with E-state index in [0.29, 0.717) is 26.1 Å². The third-order valence-electron chi connectivity index (χ3n) is 8.56. The molecule has 0 saturated carbocycles. The number of aliphatic carboxylic acids is 2. The largest absolute Gasteiger partial charge is 0.481 e. The number of ether oxygens (including phenoxy) is 2. The van der Waals surface area contributed by atoms with Gasteiger partial charge in [-0.2, -0.15) is 23.5 Å². The quantitative estimate of drug-likeness (QED) is 0.0507. The fraction of sp³-hybridized carbons (Fsp3) is 0.750. The van der Waals surface area contributed by atoms with Gasteiger partial charge in [0.2, 0.25) is 0 Å². The number of carbonyl (C=O) groups is 4. The lowest BCUT2D eigenvalue weighted by molar-refractivity contribution is -0.138. The number of esters is 2. The van der Waals surface area contributed by atoms with E-state index in [9.17, 15) is 19.2 Å². The van der Waals surface area contributed by atoms with Crippen LogP contribution in [0, 0.1) is 0 Å². The zero-order valence-corrected chi connectivity index (χ0v) is 32.3. The van der Waals surface area contributed by atoms with E-state index in [1.54, 1.807) is 24.3 Å². The molecule has 0 radical (unpaired) electrons. The van der Waals surface area contributed by atoms with E-state index in [1.807, 2.05) is 23.5 Å². The predicted molar refractivity (Wildman–Crippen MR) is 208 cm³/mol. The van der Waals surface area contributed by atoms with Crippen molar-refractivity contribution in [1.29, 1.82) is 0 Å². The third kappa shape index (κ3) is 28.5. The Morgan fingerprint density at radius 3 is 1.02 bits per heavy atom. The topological polar surface area (TPSA) is 127 Å². The van der Waals surface area contributed by atoms with Gasteiger partial charge >= 0.3 is 23.9 Å². The Morgan fingerprint density at radius 1 is 0.420 bits per heavy atom. The molecule has 1 aromatic rings. The summed E-state index contributed by atoms with van der Waals surface area (Å²) in [5, 5.41) is 17.3. The molecular weight excluding hydrogens is 673 g/mol. The standard InChI is InChI=1S/C40H66O8S2/c41-37(42)27-17-13-9-5-1-3-7-11-15-21-31-49-33-23-29-47-39(45)35-25-19-20-26-36(35)40(46)48-30-24-34-50-32-22-16-12-8-4-2-6-10-14-18-28-38(43)44/h19-20,25-26H,1-18,21-24,27-34H2,(H,41,42)(H,43,44). The second kappa shape index (κ2) is 33.9. The predicted octanol–water partition coefficient (Wildman–Crippen LogP) is 11.0. The highest BCUT2D eigenvalue weighted by atomic mass is 32.2. The molecule has 0 spiro atoms. The summed E-state index contributed by atoms with van der Waals surface area (Å²) >= 11 is 3.79. The van der Waals surface area contributed by atoms with Gasteiger partial charge in [0.05, 0.1) is 24.3 Å². The van der Waals surface area contributed by atoms with Crippen LogP contribution >= 0.6 is 23.5 Å². The molecule has 10 heteroatoms. The average Bonchev–Trinajstić information content (AvgIpc) is 3.10. The molecule has 0 aliphatic heterocycles. The van der Waals surface area contributed by atoms with Gasteiger partial charge in [-0.15, -0.1) is 0 Å². The van der Waals surface area contributed by atoms with E-state index in [4.69, 9.17) is 19.7 Å². The maximum absolute atomic E-state index is 12.7. The summed E-state index contributed by atoms with van der Waals surface area (Å²) in [5.41, 5.74) is 0.516. The summed E-state index contributed by atoms with van der Waals surface area (Å²) in [4.78, 5) is 46.4. The van der Waals surface area contributed by atoms with Crippen molar-refractivity contribution in [3.05, 3.63) is 35.4 Å². The van der Waals surface area contributed by atoms with Crippen molar-refractivity contribution in [2.24, 2.45) is 0 Å². The number of rotatable bonds is 36. The Morgan fingerprint density at radius 2 is 0.700 bits per heavy atom. The Labute approximate surface area is 311 Å². The van der Waals surface area contributed by atoms with Crippen LogP contribution in [-0.2, 0) is 19.1 Å². The summed E-state index contributed by atoms with van der Waals surface area (Å²) in [5.74, 6) is 1.77. The number of benzene rings is 1. The van der Waals surface area contributed by atoms with E-state index in [2.05, 4.69) is 0 Å². The van der Waals surface area contributed by atoms with E-state index < -0.39 is 23.9 Å². The first-order chi connectivity index (χ1) is 24.4. The van der Waals surface area contributed by atoms with E-state index in [-0.39, 0.29) is 11.1 Å². The van der Waals surface area contributed by atoms with Crippen molar-refractivity contribution < 1.29 is 38.9 Å². The summed E-state index contributed by atoms with van der Waals surface area (Å²) in [6.45, 7) is 0.667. The second-order valence-corrected chi connectivity index (χ2v) is 15.6. The van der Waals surface area contributed by atoms with Crippen molar-refractivity contribution >= 4 is 47.4 Å². The SMILES string of the molecule is O=C(O)CCCCCCCCCCCCSCCCOC(=O)c1ccccc1C(=O)OCCCSCCCCCCCCCCCCC(=O)O. The first kappa shape index (κ1) is 45.8. The fourth-order valence-corrected chi connectivity index (χ4v) is 7.51. The third-order valence-corrected chi connectivity index (χ3v) is 10.9. The summed E-state index contributed by atoms with van der Waals surface area (Å²) in [7, 11) is 0. The van der Waals surface area contributed by atoms with Gasteiger partial charge in [-0.05, 0) is 73.7 Å². The van der Waals surface area contributed by atoms with Crippen LogP contribution in [0.2, 0.25) is 0 Å². The van der Waals surface area contributed by atoms with Gasteiger partial charge in [-0.1, -0.05) is 115 Å². The molecule has 1 rings (SSSR count). The number of carboxylic acid groups (broad SMARTS) is 2. The van der Waals surface area contributed by atoms with Crippen molar-refractivity contribution in [2.45, 2.75) is 154 Å². The highest BCUT2D eigenvalue weighted by molar-refractivity contribution is 7.99. The van der Waals surface area contributed by atoms with Crippen LogP contribution in [0.25, 0.3) is 0 Å². The summed E-state index contributed by atoms with van der Waals surface area (Å²) < 4.78 is 11.0. The lowest BCUT2D eigenvalue weighted by Gasteiger charge is -2.10. The molecule has 1 aromatic carbocycles. The highest BCUT2D eigenvalue weighted by Crippen LogP contribution is 2.17. The first-order valence-corrected chi connectivity index (χ1v) is 21.7. The van der Waals surface area contributed by atoms with Gasteiger partial charge in [0.1, 0.15) is 0 Å². The van der Waals surface area contributed by atoms with Crippen LogP contribution in [0.4, 0.5) is 0 Å². The number of hydrogen-bond acceptors (Lipinski definition) is 8. The van der Waals surface area contributed by atoms with Crippen LogP contribution in [0.1, 0.15) is 175 Å². The molecule has 50 heavy (non-hydrogen) atoms. The highest BCUT2D eigenvalue weighted by Gasteiger charge is 2.19. The van der Waals surface area contributed by atoms with Crippen molar-refractivity contribution in [1.82, 2.24) is 0 Å². The van der Waals surface area contributed by atoms with E-state index in [0.717, 1.165) is 74.4 Å². The average molecular weight is 739 g/mol. The molecular formula is C40H66O8S2. The number of unbranched alkanes of at least 4 members (excludes halogenated alkanes) is 18. The summed E-state index contributed by atoms with van der Waals surface area (Å²) in [6.07, 6.45) is 25.5. The molecule has 0 fully saturated rings. The van der Waals surface area contributed by atoms with Crippen molar-refractivity contribution in [3.63, 3.8) is 0 Å². The van der Waals surface area contributed by atoms with Gasteiger partial charge in [-0.3, -0.25) is 9.59 Å². The van der Waals surface area contributed by atoms with Crippen LogP contribution in [-0.4, -0.2) is 70.3 Å². The van der Waals surface area contributed by atoms with Crippen molar-refractivity contribution in [2.75, 3.05) is 36.2 Å². The van der Waals surface area contributed by atoms with Crippen LogP contribution < -0.4 is 0 Å². The summed E-state index contributed by atoms with van der Waals surface area (Å²) in [6, 6.07) is 6.71. The van der Waals surface area contributed by atoms with E-state index in [1.165, 1.54) is 89.9 Å². The Bertz CT molecular complexity index is 940. The lowest BCUT2D eigenvalue weighted by Crippen LogP contribution is -2.15. The molecule has 0 heterocycles. The zero-order chi connectivity index (χ0) is 36.3. The minimum Gasteiger partial charge on any atom is -0.481 e. The molecule has 0 aliphatic carbocycles. The van der Waals surface area contributed by atoms with E-state index >= 15 is 0 Å². The van der Waals surface area contributed by atoms with Crippen LogP contribution in [0.3, 0.4) is 0 Å². The first-order valence-electron chi connectivity index (χ1n) is 19.4. The van der Waals surface area contributed by atoms with Crippen LogP contribution in [0.5, 0.6) is 0 Å². The lowest BCUT2D eigenvalue weighted by atomic mass is 10.1. The Hall–Kier alpha value is -2.20. The molecule has 0 saturated heterocycles. The molecule has 0 unspecified atom stereocenters. The van der Waals surface area contributed by atoms with Crippen LogP contribution in [0.15, 0.2) is 24.3 Å². The number of carboxylic acids is 2. The number of hydrogen-bond donors (Lipinski definition) is 2. The fourth-order valence-electron chi connectivity index (χ4n) is 5.64. The van der Waals surface area contributed by atoms with Gasteiger partial charge in [0.25, 0.3) is 0 Å². The van der Waals surface area contributed by atoms with Crippen molar-refractivity contribution in [3.8, 4) is 0 Å². The Balaban J connectivity index is 1.98. The number of carbonyl (C=O) groups excluding carboxylic acids is 2.